The SMILES string of the molecule is O=C(C(=O)N(CCO)CC(F)F)N1CCNCC1. The lowest BCUT2D eigenvalue weighted by molar-refractivity contribution is -0.153. The summed E-state index contributed by atoms with van der Waals surface area (Å²) in [5.74, 6) is -1.77. The maximum absolute atomic E-state index is 12.3. The van der Waals surface area contributed by atoms with Crippen LogP contribution >= 0.6 is 0 Å². The summed E-state index contributed by atoms with van der Waals surface area (Å²) < 4.78 is 24.5. The Balaban J connectivity index is 2.59. The summed E-state index contributed by atoms with van der Waals surface area (Å²) in [5.41, 5.74) is 0. The molecule has 1 aliphatic heterocycles. The van der Waals surface area contributed by atoms with Gasteiger partial charge in [0.25, 0.3) is 6.43 Å². The second kappa shape index (κ2) is 7.22. The molecular formula is C10H17F2N3O3. The number of aliphatic hydroxyl groups is 1. The molecule has 1 aliphatic rings. The average Bonchev–Trinajstić information content (AvgIpc) is 2.37. The number of nitrogens with zero attached hydrogens (tertiary/aromatic N) is 2. The van der Waals surface area contributed by atoms with E-state index in [1.807, 2.05) is 0 Å². The van der Waals surface area contributed by atoms with Crippen molar-refractivity contribution in [2.75, 3.05) is 45.9 Å². The fraction of sp³-hybridized carbons (Fsp3) is 0.800. The third-order valence-electron chi connectivity index (χ3n) is 2.60. The van der Waals surface area contributed by atoms with Crippen LogP contribution in [0.1, 0.15) is 0 Å². The molecule has 0 aromatic heterocycles. The van der Waals surface area contributed by atoms with Gasteiger partial charge in [-0.2, -0.15) is 0 Å². The van der Waals surface area contributed by atoms with E-state index in [4.69, 9.17) is 5.11 Å². The van der Waals surface area contributed by atoms with Crippen LogP contribution in [-0.4, -0.2) is 79.0 Å². The third kappa shape index (κ3) is 4.19. The van der Waals surface area contributed by atoms with E-state index in [1.165, 1.54) is 4.90 Å². The first-order chi connectivity index (χ1) is 8.56. The largest absolute Gasteiger partial charge is 0.395 e. The molecule has 1 fully saturated rings. The lowest BCUT2D eigenvalue weighted by Gasteiger charge is -2.29. The van der Waals surface area contributed by atoms with Crippen molar-refractivity contribution in [1.82, 2.24) is 15.1 Å². The molecule has 6 nitrogen and oxygen atoms in total. The summed E-state index contributed by atoms with van der Waals surface area (Å²) in [7, 11) is 0. The smallest absolute Gasteiger partial charge is 0.312 e. The van der Waals surface area contributed by atoms with Crippen LogP contribution in [-0.2, 0) is 9.59 Å². The van der Waals surface area contributed by atoms with Crippen molar-refractivity contribution in [3.05, 3.63) is 0 Å². The monoisotopic (exact) mass is 265 g/mol. The molecule has 2 N–H and O–H groups in total. The highest BCUT2D eigenvalue weighted by Gasteiger charge is 2.29. The number of halogens is 2. The van der Waals surface area contributed by atoms with Gasteiger partial charge in [0.2, 0.25) is 0 Å². The number of aliphatic hydroxyl groups excluding tert-OH is 1. The molecule has 8 heteroatoms. The second-order valence-corrected chi connectivity index (χ2v) is 3.91. The number of alkyl halides is 2. The van der Waals surface area contributed by atoms with Crippen LogP contribution in [0.25, 0.3) is 0 Å². The van der Waals surface area contributed by atoms with E-state index in [9.17, 15) is 18.4 Å². The van der Waals surface area contributed by atoms with Crippen molar-refractivity contribution < 1.29 is 23.5 Å². The third-order valence-corrected chi connectivity index (χ3v) is 2.60. The zero-order valence-electron chi connectivity index (χ0n) is 9.94. The van der Waals surface area contributed by atoms with Crippen molar-refractivity contribution in [2.24, 2.45) is 0 Å². The van der Waals surface area contributed by atoms with Crippen molar-refractivity contribution in [1.29, 1.82) is 0 Å². The summed E-state index contributed by atoms with van der Waals surface area (Å²) in [6.07, 6.45) is -2.73. The summed E-state index contributed by atoms with van der Waals surface area (Å²) in [5, 5.41) is 11.7. The summed E-state index contributed by atoms with van der Waals surface area (Å²) in [4.78, 5) is 25.5. The molecule has 1 heterocycles. The molecule has 104 valence electrons. The quantitative estimate of drug-likeness (QED) is 0.607. The Kier molecular flexibility index (Phi) is 5.93. The molecular weight excluding hydrogens is 248 g/mol. The van der Waals surface area contributed by atoms with Gasteiger partial charge in [-0.15, -0.1) is 0 Å². The van der Waals surface area contributed by atoms with E-state index in [2.05, 4.69) is 5.32 Å². The molecule has 0 atom stereocenters. The first-order valence-electron chi connectivity index (χ1n) is 5.74. The van der Waals surface area contributed by atoms with Gasteiger partial charge in [-0.25, -0.2) is 8.78 Å². The first-order valence-corrected chi connectivity index (χ1v) is 5.74. The molecule has 0 saturated carbocycles. The predicted octanol–water partition coefficient (Wildman–Crippen LogP) is -1.50. The topological polar surface area (TPSA) is 72.9 Å². The number of hydrogen-bond donors (Lipinski definition) is 2. The van der Waals surface area contributed by atoms with Crippen LogP contribution in [0, 0.1) is 0 Å². The lowest BCUT2D eigenvalue weighted by Crippen LogP contribution is -2.53. The van der Waals surface area contributed by atoms with Gasteiger partial charge >= 0.3 is 11.8 Å². The summed E-state index contributed by atoms with van der Waals surface area (Å²) in [6.45, 7) is 0.367. The number of nitrogens with one attached hydrogen (secondary N) is 1. The second-order valence-electron chi connectivity index (χ2n) is 3.91. The predicted molar refractivity (Wildman–Crippen MR) is 59.1 cm³/mol. The highest BCUT2D eigenvalue weighted by molar-refractivity contribution is 6.34. The minimum atomic E-state index is -2.73. The van der Waals surface area contributed by atoms with Crippen LogP contribution in [0.3, 0.4) is 0 Å². The normalized spacial score (nSPS) is 15.9. The Morgan fingerprint density at radius 1 is 1.33 bits per heavy atom. The van der Waals surface area contributed by atoms with Gasteiger partial charge in [-0.05, 0) is 0 Å². The Hall–Kier alpha value is -1.28. The fourth-order valence-corrected chi connectivity index (χ4v) is 1.70. The molecule has 1 rings (SSSR count). The van der Waals surface area contributed by atoms with E-state index >= 15 is 0 Å². The van der Waals surface area contributed by atoms with Crippen LogP contribution in [0.2, 0.25) is 0 Å². The van der Waals surface area contributed by atoms with Gasteiger partial charge in [0.15, 0.2) is 0 Å². The molecule has 0 aromatic rings. The standard InChI is InChI=1S/C10H17F2N3O3/c11-8(12)7-15(5-6-16)10(18)9(17)14-3-1-13-2-4-14/h8,13,16H,1-7H2. The number of rotatable bonds is 4. The summed E-state index contributed by atoms with van der Waals surface area (Å²) >= 11 is 0. The van der Waals surface area contributed by atoms with E-state index in [-0.39, 0.29) is 6.54 Å². The van der Waals surface area contributed by atoms with Crippen molar-refractivity contribution in [3.8, 4) is 0 Å². The molecule has 1 saturated heterocycles. The lowest BCUT2D eigenvalue weighted by atomic mass is 10.3. The van der Waals surface area contributed by atoms with Crippen molar-refractivity contribution in [3.63, 3.8) is 0 Å². The van der Waals surface area contributed by atoms with Crippen LogP contribution < -0.4 is 5.32 Å². The van der Waals surface area contributed by atoms with Crippen LogP contribution in [0.4, 0.5) is 8.78 Å². The Morgan fingerprint density at radius 3 is 2.44 bits per heavy atom. The zero-order valence-corrected chi connectivity index (χ0v) is 9.94. The van der Waals surface area contributed by atoms with Crippen LogP contribution in [0.5, 0.6) is 0 Å². The van der Waals surface area contributed by atoms with E-state index in [0.29, 0.717) is 31.1 Å². The van der Waals surface area contributed by atoms with Gasteiger partial charge in [-0.1, -0.05) is 0 Å². The van der Waals surface area contributed by atoms with Crippen LogP contribution in [0.15, 0.2) is 0 Å². The molecule has 0 aromatic carbocycles. The fourth-order valence-electron chi connectivity index (χ4n) is 1.70. The highest BCUT2D eigenvalue weighted by Crippen LogP contribution is 2.02. The molecule has 0 aliphatic carbocycles. The molecule has 2 amide bonds. The molecule has 0 bridgehead atoms. The minimum absolute atomic E-state index is 0.263. The highest BCUT2D eigenvalue weighted by atomic mass is 19.3. The Morgan fingerprint density at radius 2 is 1.94 bits per heavy atom. The molecule has 0 radical (unpaired) electrons. The van der Waals surface area contributed by atoms with Gasteiger partial charge < -0.3 is 20.2 Å². The van der Waals surface area contributed by atoms with Gasteiger partial charge in [0.05, 0.1) is 13.2 Å². The van der Waals surface area contributed by atoms with E-state index < -0.39 is 31.4 Å². The van der Waals surface area contributed by atoms with Crippen molar-refractivity contribution >= 4 is 11.8 Å². The number of carbonyl (C=O) groups excluding carboxylic acids is 2. The van der Waals surface area contributed by atoms with E-state index in [0.717, 1.165) is 0 Å². The maximum atomic E-state index is 12.3. The number of carbonyl (C=O) groups is 2. The van der Waals surface area contributed by atoms with Gasteiger partial charge in [-0.3, -0.25) is 9.59 Å². The van der Waals surface area contributed by atoms with Gasteiger partial charge in [0.1, 0.15) is 0 Å². The molecule has 0 unspecified atom stereocenters. The number of piperazine rings is 1. The zero-order chi connectivity index (χ0) is 13.5. The van der Waals surface area contributed by atoms with Gasteiger partial charge in [0, 0.05) is 32.7 Å². The number of amides is 2. The molecule has 0 spiro atoms. The minimum Gasteiger partial charge on any atom is -0.395 e. The Bertz CT molecular complexity index is 296. The average molecular weight is 265 g/mol. The van der Waals surface area contributed by atoms with E-state index in [1.54, 1.807) is 0 Å². The Labute approximate surface area is 104 Å². The summed E-state index contributed by atoms with van der Waals surface area (Å²) in [6, 6.07) is 0. The first kappa shape index (κ1) is 14.8. The number of hydrogen-bond acceptors (Lipinski definition) is 4. The maximum Gasteiger partial charge on any atom is 0.312 e. The molecule has 18 heavy (non-hydrogen) atoms. The van der Waals surface area contributed by atoms with Crippen molar-refractivity contribution in [2.45, 2.75) is 6.43 Å².